The van der Waals surface area contributed by atoms with Crippen molar-refractivity contribution in [1.82, 2.24) is 5.32 Å². The third-order valence-electron chi connectivity index (χ3n) is 2.84. The number of hydrogen-bond acceptors (Lipinski definition) is 2. The highest BCUT2D eigenvalue weighted by atomic mass is 32.1. The summed E-state index contributed by atoms with van der Waals surface area (Å²) in [5, 5.41) is 4.49. The van der Waals surface area contributed by atoms with Crippen molar-refractivity contribution in [2.45, 2.75) is 27.3 Å². The van der Waals surface area contributed by atoms with Crippen LogP contribution in [0, 0.1) is 18.7 Å². The fraction of sp³-hybridized carbons (Fsp3) is 0.429. The van der Waals surface area contributed by atoms with Crippen molar-refractivity contribution in [3.8, 4) is 0 Å². The van der Waals surface area contributed by atoms with Crippen LogP contribution in [0.5, 0.6) is 0 Å². The van der Waals surface area contributed by atoms with Gasteiger partial charge in [0.25, 0.3) is 0 Å². The van der Waals surface area contributed by atoms with Crippen LogP contribution >= 0.6 is 11.3 Å². The molecule has 0 bridgehead atoms. The molecule has 2 rings (SSSR count). The maximum atomic E-state index is 13.2. The molecule has 0 fully saturated rings. The highest BCUT2D eigenvalue weighted by Gasteiger charge is 2.08. The van der Waals surface area contributed by atoms with E-state index >= 15 is 0 Å². The summed E-state index contributed by atoms with van der Waals surface area (Å²) in [5.74, 6) is 0.502. The minimum Gasteiger partial charge on any atom is -0.312 e. The molecule has 0 saturated heterocycles. The Morgan fingerprint density at radius 3 is 2.82 bits per heavy atom. The van der Waals surface area contributed by atoms with Crippen LogP contribution in [0.1, 0.15) is 24.3 Å². The smallest absolute Gasteiger partial charge is 0.123 e. The zero-order chi connectivity index (χ0) is 12.4. The first-order valence-electron chi connectivity index (χ1n) is 5.96. The molecule has 0 saturated carbocycles. The van der Waals surface area contributed by atoms with Crippen molar-refractivity contribution in [3.63, 3.8) is 0 Å². The van der Waals surface area contributed by atoms with Crippen molar-refractivity contribution in [1.29, 1.82) is 0 Å². The third kappa shape index (κ3) is 2.85. The highest BCUT2D eigenvalue weighted by Crippen LogP contribution is 2.31. The molecule has 1 aromatic carbocycles. The van der Waals surface area contributed by atoms with Crippen LogP contribution < -0.4 is 5.32 Å². The normalized spacial score (nSPS) is 11.6. The van der Waals surface area contributed by atoms with Crippen LogP contribution in [-0.4, -0.2) is 6.54 Å². The Labute approximate surface area is 106 Å². The fourth-order valence-electron chi connectivity index (χ4n) is 1.89. The van der Waals surface area contributed by atoms with Gasteiger partial charge in [-0.1, -0.05) is 13.8 Å². The summed E-state index contributed by atoms with van der Waals surface area (Å²) in [7, 11) is 0. The SMILES string of the molecule is Cc1c(CNCC(C)C)sc2ccc(F)cc12. The molecule has 0 aliphatic rings. The number of halogens is 1. The van der Waals surface area contributed by atoms with Crippen LogP contribution in [0.25, 0.3) is 10.1 Å². The maximum absolute atomic E-state index is 13.2. The third-order valence-corrected chi connectivity index (χ3v) is 4.11. The topological polar surface area (TPSA) is 12.0 Å². The molecule has 1 heterocycles. The molecule has 1 nitrogen and oxygen atoms in total. The molecular weight excluding hydrogens is 233 g/mol. The number of nitrogens with one attached hydrogen (secondary N) is 1. The monoisotopic (exact) mass is 251 g/mol. The van der Waals surface area contributed by atoms with Crippen molar-refractivity contribution in [3.05, 3.63) is 34.5 Å². The van der Waals surface area contributed by atoms with E-state index in [1.807, 2.05) is 6.07 Å². The lowest BCUT2D eigenvalue weighted by Gasteiger charge is -2.06. The molecule has 0 aliphatic heterocycles. The summed E-state index contributed by atoms with van der Waals surface area (Å²) >= 11 is 1.76. The Bertz CT molecular complexity index is 516. The van der Waals surface area contributed by atoms with Gasteiger partial charge < -0.3 is 5.32 Å². The number of fused-ring (bicyclic) bond motifs is 1. The Kier molecular flexibility index (Phi) is 3.79. The first-order chi connectivity index (χ1) is 8.08. The van der Waals surface area contributed by atoms with Crippen LogP contribution in [-0.2, 0) is 6.54 Å². The van der Waals surface area contributed by atoms with E-state index in [-0.39, 0.29) is 5.82 Å². The van der Waals surface area contributed by atoms with Crippen LogP contribution in [0.2, 0.25) is 0 Å². The zero-order valence-electron chi connectivity index (χ0n) is 10.5. The second-order valence-corrected chi connectivity index (χ2v) is 5.95. The largest absolute Gasteiger partial charge is 0.312 e. The summed E-state index contributed by atoms with van der Waals surface area (Å²) in [5.41, 5.74) is 1.21. The van der Waals surface area contributed by atoms with Gasteiger partial charge in [0.15, 0.2) is 0 Å². The molecule has 1 aromatic heterocycles. The van der Waals surface area contributed by atoms with Crippen LogP contribution in [0.3, 0.4) is 0 Å². The van der Waals surface area contributed by atoms with Gasteiger partial charge in [-0.2, -0.15) is 0 Å². The van der Waals surface area contributed by atoms with E-state index in [2.05, 4.69) is 26.1 Å². The van der Waals surface area contributed by atoms with E-state index < -0.39 is 0 Å². The standard InChI is InChI=1S/C14H18FNS/c1-9(2)7-16-8-14-10(3)12-6-11(15)4-5-13(12)17-14/h4-6,9,16H,7-8H2,1-3H3. The molecule has 0 aliphatic carbocycles. The number of thiophene rings is 1. The van der Waals surface area contributed by atoms with Gasteiger partial charge in [0.2, 0.25) is 0 Å². The number of benzene rings is 1. The Morgan fingerprint density at radius 1 is 1.35 bits per heavy atom. The van der Waals surface area contributed by atoms with E-state index in [1.54, 1.807) is 17.4 Å². The molecule has 0 radical (unpaired) electrons. The van der Waals surface area contributed by atoms with E-state index in [0.29, 0.717) is 5.92 Å². The molecule has 17 heavy (non-hydrogen) atoms. The zero-order valence-corrected chi connectivity index (χ0v) is 11.3. The van der Waals surface area contributed by atoms with Crippen LogP contribution in [0.15, 0.2) is 18.2 Å². The number of hydrogen-bond donors (Lipinski definition) is 1. The molecule has 1 N–H and O–H groups in total. The lowest BCUT2D eigenvalue weighted by Crippen LogP contribution is -2.18. The van der Waals surface area contributed by atoms with Crippen molar-refractivity contribution in [2.75, 3.05) is 6.54 Å². The van der Waals surface area contributed by atoms with E-state index in [1.165, 1.54) is 21.2 Å². The predicted octanol–water partition coefficient (Wildman–Crippen LogP) is 4.09. The fourth-order valence-corrected chi connectivity index (χ4v) is 3.05. The second kappa shape index (κ2) is 5.15. The summed E-state index contributed by atoms with van der Waals surface area (Å²) in [6.45, 7) is 8.36. The summed E-state index contributed by atoms with van der Waals surface area (Å²) in [6, 6.07) is 5.03. The van der Waals surface area contributed by atoms with E-state index in [4.69, 9.17) is 0 Å². The summed E-state index contributed by atoms with van der Waals surface area (Å²) < 4.78 is 14.3. The van der Waals surface area contributed by atoms with Gasteiger partial charge in [-0.05, 0) is 48.5 Å². The lowest BCUT2D eigenvalue weighted by molar-refractivity contribution is 0.554. The first-order valence-corrected chi connectivity index (χ1v) is 6.78. The van der Waals surface area contributed by atoms with Gasteiger partial charge in [-0.25, -0.2) is 4.39 Å². The van der Waals surface area contributed by atoms with Crippen LogP contribution in [0.4, 0.5) is 4.39 Å². The lowest BCUT2D eigenvalue weighted by atomic mass is 10.1. The molecule has 2 aromatic rings. The quantitative estimate of drug-likeness (QED) is 0.863. The molecule has 0 atom stereocenters. The van der Waals surface area contributed by atoms with Gasteiger partial charge in [0.1, 0.15) is 5.82 Å². The van der Waals surface area contributed by atoms with Gasteiger partial charge in [0, 0.05) is 16.1 Å². The minimum absolute atomic E-state index is 0.153. The van der Waals surface area contributed by atoms with Gasteiger partial charge in [-0.3, -0.25) is 0 Å². The molecule has 3 heteroatoms. The molecule has 92 valence electrons. The Morgan fingerprint density at radius 2 is 2.12 bits per heavy atom. The number of aryl methyl sites for hydroxylation is 1. The van der Waals surface area contributed by atoms with E-state index in [0.717, 1.165) is 18.5 Å². The van der Waals surface area contributed by atoms with Gasteiger partial charge in [0.05, 0.1) is 0 Å². The number of rotatable bonds is 4. The highest BCUT2D eigenvalue weighted by molar-refractivity contribution is 7.19. The van der Waals surface area contributed by atoms with Crippen molar-refractivity contribution >= 4 is 21.4 Å². The average Bonchev–Trinajstić information content (AvgIpc) is 2.56. The van der Waals surface area contributed by atoms with Gasteiger partial charge >= 0.3 is 0 Å². The summed E-state index contributed by atoms with van der Waals surface area (Å²) in [4.78, 5) is 1.31. The maximum Gasteiger partial charge on any atom is 0.123 e. The summed E-state index contributed by atoms with van der Waals surface area (Å²) in [6.07, 6.45) is 0. The first kappa shape index (κ1) is 12.5. The molecule has 0 amide bonds. The van der Waals surface area contributed by atoms with Gasteiger partial charge in [-0.15, -0.1) is 11.3 Å². The van der Waals surface area contributed by atoms with E-state index in [9.17, 15) is 4.39 Å². The van der Waals surface area contributed by atoms with Crippen molar-refractivity contribution in [2.24, 2.45) is 5.92 Å². The second-order valence-electron chi connectivity index (χ2n) is 4.82. The molecular formula is C14H18FNS. The molecule has 0 spiro atoms. The Balaban J connectivity index is 2.20. The predicted molar refractivity (Wildman–Crippen MR) is 73.1 cm³/mol. The molecule has 0 unspecified atom stereocenters. The average molecular weight is 251 g/mol. The Hall–Kier alpha value is -0.930. The van der Waals surface area contributed by atoms with Crippen molar-refractivity contribution < 1.29 is 4.39 Å². The minimum atomic E-state index is -0.153.